The molecule has 1 aromatic carbocycles. The summed E-state index contributed by atoms with van der Waals surface area (Å²) in [5, 5.41) is 9.27. The Morgan fingerprint density at radius 1 is 1.16 bits per heavy atom. The second kappa shape index (κ2) is 10.3. The number of hydrogen-bond acceptors (Lipinski definition) is 7. The molecule has 15 heteroatoms. The van der Waals surface area contributed by atoms with Gasteiger partial charge in [0.25, 0.3) is 17.5 Å². The summed E-state index contributed by atoms with van der Waals surface area (Å²) >= 11 is 0. The number of halogens is 6. The predicted octanol–water partition coefficient (Wildman–Crippen LogP) is 3.96. The quantitative estimate of drug-likeness (QED) is 0.438. The topological polar surface area (TPSA) is 123 Å². The van der Waals surface area contributed by atoms with Gasteiger partial charge in [0, 0.05) is 11.3 Å². The summed E-state index contributed by atoms with van der Waals surface area (Å²) in [6, 6.07) is 2.90. The zero-order valence-electron chi connectivity index (χ0n) is 19.3. The van der Waals surface area contributed by atoms with Crippen molar-refractivity contribution in [2.75, 3.05) is 7.11 Å². The fourth-order valence-electron chi connectivity index (χ4n) is 3.35. The van der Waals surface area contributed by atoms with Crippen molar-refractivity contribution >= 4 is 0 Å². The molecule has 0 fully saturated rings. The minimum atomic E-state index is -5.00. The summed E-state index contributed by atoms with van der Waals surface area (Å²) < 4.78 is 92.6. The number of alkyl halides is 6. The van der Waals surface area contributed by atoms with Gasteiger partial charge in [0.15, 0.2) is 17.2 Å². The Hall–Kier alpha value is -4.35. The van der Waals surface area contributed by atoms with Gasteiger partial charge in [-0.3, -0.25) is 14.2 Å². The summed E-state index contributed by atoms with van der Waals surface area (Å²) in [6.07, 6.45) is -6.97. The van der Waals surface area contributed by atoms with Crippen molar-refractivity contribution in [2.24, 2.45) is 0 Å². The number of nitrogens with one attached hydrogen (secondary N) is 1. The Morgan fingerprint density at radius 2 is 1.84 bits per heavy atom. The highest BCUT2D eigenvalue weighted by molar-refractivity contribution is 5.56. The molecular weight excluding hydrogens is 512 g/mol. The molecule has 0 aliphatic rings. The van der Waals surface area contributed by atoms with Crippen LogP contribution in [-0.4, -0.2) is 33.1 Å². The lowest BCUT2D eigenvalue weighted by Crippen LogP contribution is -2.33. The Bertz CT molecular complexity index is 1500. The number of aromatic amines is 1. The molecule has 0 amide bonds. The van der Waals surface area contributed by atoms with Crippen LogP contribution < -0.4 is 20.6 Å². The van der Waals surface area contributed by atoms with Crippen LogP contribution in [0.5, 0.6) is 17.2 Å². The van der Waals surface area contributed by atoms with E-state index in [0.717, 1.165) is 13.2 Å². The number of methoxy groups -OCH3 is 1. The average molecular weight is 529 g/mol. The summed E-state index contributed by atoms with van der Waals surface area (Å²) in [4.78, 5) is 35.2. The van der Waals surface area contributed by atoms with Gasteiger partial charge in [0.05, 0.1) is 31.1 Å². The van der Waals surface area contributed by atoms with E-state index in [1.807, 2.05) is 0 Å². The van der Waals surface area contributed by atoms with E-state index in [1.165, 1.54) is 13.8 Å². The molecule has 0 aliphatic carbocycles. The van der Waals surface area contributed by atoms with Crippen molar-refractivity contribution in [1.82, 2.24) is 19.5 Å². The fraction of sp³-hybridized carbons (Fsp3) is 0.318. The van der Waals surface area contributed by atoms with Crippen LogP contribution >= 0.6 is 0 Å². The normalized spacial score (nSPS) is 11.6. The first-order chi connectivity index (χ1) is 17.3. The van der Waals surface area contributed by atoms with E-state index in [4.69, 9.17) is 9.47 Å². The van der Waals surface area contributed by atoms with Crippen LogP contribution in [0.25, 0.3) is 0 Å². The number of aryl methyl sites for hydroxylation is 2. The van der Waals surface area contributed by atoms with Gasteiger partial charge in [-0.15, -0.1) is 0 Å². The fourth-order valence-corrected chi connectivity index (χ4v) is 3.35. The van der Waals surface area contributed by atoms with E-state index in [-0.39, 0.29) is 17.1 Å². The smallest absolute Gasteiger partial charge is 0.352 e. The largest absolute Gasteiger partial charge is 0.492 e. The first-order valence-electron chi connectivity index (χ1n) is 10.2. The third-order valence-electron chi connectivity index (χ3n) is 5.12. The van der Waals surface area contributed by atoms with E-state index in [2.05, 4.69) is 15.0 Å². The summed E-state index contributed by atoms with van der Waals surface area (Å²) in [7, 11) is 1.00. The number of H-pyrrole nitrogens is 1. The van der Waals surface area contributed by atoms with Gasteiger partial charge < -0.3 is 14.5 Å². The van der Waals surface area contributed by atoms with Gasteiger partial charge in [-0.05, 0) is 26.0 Å². The molecule has 37 heavy (non-hydrogen) atoms. The van der Waals surface area contributed by atoms with Crippen LogP contribution in [0.2, 0.25) is 0 Å². The number of rotatable bonds is 8. The van der Waals surface area contributed by atoms with Crippen LogP contribution in [-0.2, 0) is 12.5 Å². The average Bonchev–Trinajstić information content (AvgIpc) is 2.82. The lowest BCUT2D eigenvalue weighted by molar-refractivity contribution is -0.139. The van der Waals surface area contributed by atoms with E-state index in [0.29, 0.717) is 17.0 Å². The highest BCUT2D eigenvalue weighted by atomic mass is 19.3. The Kier molecular flexibility index (Phi) is 7.61. The number of benzene rings is 1. The van der Waals surface area contributed by atoms with Gasteiger partial charge in [0.2, 0.25) is 5.75 Å². The van der Waals surface area contributed by atoms with Gasteiger partial charge in [-0.25, -0.2) is 27.5 Å². The number of nitriles is 1. The van der Waals surface area contributed by atoms with Crippen molar-refractivity contribution in [3.05, 3.63) is 73.1 Å². The second-order valence-electron chi connectivity index (χ2n) is 7.61. The van der Waals surface area contributed by atoms with E-state index in [9.17, 15) is 41.2 Å². The number of hydrogen-bond donors (Lipinski definition) is 1. The molecule has 2 aromatic heterocycles. The number of ether oxygens (including phenoxy) is 2. The highest BCUT2D eigenvalue weighted by Crippen LogP contribution is 2.42. The minimum Gasteiger partial charge on any atom is -0.492 e. The second-order valence-corrected chi connectivity index (χ2v) is 7.61. The summed E-state index contributed by atoms with van der Waals surface area (Å²) in [5.41, 5.74) is -5.10. The van der Waals surface area contributed by atoms with Crippen molar-refractivity contribution < 1.29 is 35.8 Å². The molecule has 0 atom stereocenters. The summed E-state index contributed by atoms with van der Waals surface area (Å²) in [6.45, 7) is 2.36. The first kappa shape index (κ1) is 27.2. The van der Waals surface area contributed by atoms with Gasteiger partial charge in [0.1, 0.15) is 11.9 Å². The molecule has 0 saturated heterocycles. The van der Waals surface area contributed by atoms with Crippen LogP contribution in [0.1, 0.15) is 40.3 Å². The molecule has 0 unspecified atom stereocenters. The van der Waals surface area contributed by atoms with Gasteiger partial charge in [-0.1, -0.05) is 0 Å². The molecular formula is C22H17F6N5O4. The molecule has 2 heterocycles. The molecule has 0 bridgehead atoms. The van der Waals surface area contributed by atoms with Crippen molar-refractivity contribution in [2.45, 2.75) is 39.2 Å². The van der Waals surface area contributed by atoms with Gasteiger partial charge in [-0.2, -0.15) is 14.0 Å². The standard InChI is InChI=1S/C22H17F6N5O4/c1-9-13(19(34)32-10(2)31-9)7-33-8-30-17(22(27,28)21(25)26)16(20(33)35)37-14-5-11(18(23)24)4-12(6-29)15(14)36-3/h4-5,8,18,21H,7H2,1-3H3,(H,31,32,34). The maximum atomic E-state index is 14.4. The van der Waals surface area contributed by atoms with Crippen LogP contribution in [0.3, 0.4) is 0 Å². The molecule has 1 N–H and O–H groups in total. The highest BCUT2D eigenvalue weighted by Gasteiger charge is 2.48. The third kappa shape index (κ3) is 5.27. The van der Waals surface area contributed by atoms with E-state index in [1.54, 1.807) is 6.07 Å². The lowest BCUT2D eigenvalue weighted by atomic mass is 10.1. The summed E-state index contributed by atoms with van der Waals surface area (Å²) in [5.74, 6) is -7.52. The monoisotopic (exact) mass is 529 g/mol. The van der Waals surface area contributed by atoms with Crippen molar-refractivity contribution in [3.8, 4) is 23.3 Å². The predicted molar refractivity (Wildman–Crippen MR) is 115 cm³/mol. The third-order valence-corrected chi connectivity index (χ3v) is 5.12. The number of nitrogens with zero attached hydrogens (tertiary/aromatic N) is 4. The van der Waals surface area contributed by atoms with E-state index < -0.39 is 70.5 Å². The minimum absolute atomic E-state index is 0.0714. The Balaban J connectivity index is 2.27. The molecule has 196 valence electrons. The SMILES string of the molecule is COc1c(C#N)cc(C(F)F)cc1Oc1c(C(F)(F)C(F)F)ncn(Cc2c(C)nc(C)[nH]c2=O)c1=O. The van der Waals surface area contributed by atoms with E-state index >= 15 is 0 Å². The van der Waals surface area contributed by atoms with Crippen molar-refractivity contribution in [3.63, 3.8) is 0 Å². The maximum absolute atomic E-state index is 14.4. The van der Waals surface area contributed by atoms with Crippen LogP contribution in [0, 0.1) is 25.2 Å². The van der Waals surface area contributed by atoms with Crippen molar-refractivity contribution in [1.29, 1.82) is 5.26 Å². The Labute approximate surface area is 203 Å². The first-order valence-corrected chi connectivity index (χ1v) is 10.2. The molecule has 3 rings (SSSR count). The van der Waals surface area contributed by atoms with Gasteiger partial charge >= 0.3 is 12.3 Å². The van der Waals surface area contributed by atoms with Crippen LogP contribution in [0.15, 0.2) is 28.0 Å². The molecule has 0 radical (unpaired) electrons. The maximum Gasteiger partial charge on any atom is 0.352 e. The molecule has 0 spiro atoms. The zero-order chi connectivity index (χ0) is 27.7. The number of aromatic nitrogens is 4. The molecule has 3 aromatic rings. The molecule has 0 saturated carbocycles. The lowest BCUT2D eigenvalue weighted by Gasteiger charge is -2.20. The zero-order valence-corrected chi connectivity index (χ0v) is 19.3. The van der Waals surface area contributed by atoms with Crippen LogP contribution in [0.4, 0.5) is 26.3 Å². The Morgan fingerprint density at radius 3 is 2.38 bits per heavy atom. The molecule has 9 nitrogen and oxygen atoms in total. The molecule has 0 aliphatic heterocycles.